The predicted molar refractivity (Wildman–Crippen MR) is 54.0 cm³/mol. The Kier molecular flexibility index (Phi) is 4.49. The second kappa shape index (κ2) is 5.92. The van der Waals surface area contributed by atoms with Crippen molar-refractivity contribution in [1.29, 1.82) is 0 Å². The quantitative estimate of drug-likeness (QED) is 0.671. The average Bonchev–Trinajstić information content (AvgIpc) is 2.25. The first kappa shape index (κ1) is 11.4. The van der Waals surface area contributed by atoms with E-state index in [1.165, 1.54) is 12.3 Å². The second-order valence-electron chi connectivity index (χ2n) is 2.87. The average molecular weight is 211 g/mol. The van der Waals surface area contributed by atoms with Crippen molar-refractivity contribution in [3.8, 4) is 0 Å². The van der Waals surface area contributed by atoms with Crippen LogP contribution in [-0.4, -0.2) is 41.5 Å². The molecule has 0 saturated heterocycles. The molecular formula is C9H13N3O3. The predicted octanol–water partition coefficient (Wildman–Crippen LogP) is 0.623. The van der Waals surface area contributed by atoms with E-state index in [9.17, 15) is 4.79 Å². The lowest BCUT2D eigenvalue weighted by Gasteiger charge is -2.06. The molecule has 0 spiro atoms. The van der Waals surface area contributed by atoms with Gasteiger partial charge in [0.15, 0.2) is 5.82 Å². The number of methoxy groups -OCH3 is 1. The molecule has 0 aliphatic rings. The molecule has 0 unspecified atom stereocenters. The highest BCUT2D eigenvalue weighted by Gasteiger charge is 2.10. The monoisotopic (exact) mass is 211 g/mol. The maximum Gasteiger partial charge on any atom is 0.339 e. The number of carboxylic acid groups (broad SMARTS) is 1. The summed E-state index contributed by atoms with van der Waals surface area (Å²) in [4.78, 5) is 10.8. The Morgan fingerprint density at radius 1 is 1.67 bits per heavy atom. The van der Waals surface area contributed by atoms with Crippen LogP contribution in [0.4, 0.5) is 5.82 Å². The normalized spacial score (nSPS) is 9.93. The molecule has 15 heavy (non-hydrogen) atoms. The van der Waals surface area contributed by atoms with Gasteiger partial charge in [-0.3, -0.25) is 0 Å². The molecule has 1 heterocycles. The van der Waals surface area contributed by atoms with Gasteiger partial charge >= 0.3 is 5.97 Å². The Balaban J connectivity index is 2.56. The zero-order chi connectivity index (χ0) is 11.1. The van der Waals surface area contributed by atoms with Crippen LogP contribution in [0.5, 0.6) is 0 Å². The van der Waals surface area contributed by atoms with Gasteiger partial charge in [0.25, 0.3) is 0 Å². The van der Waals surface area contributed by atoms with Gasteiger partial charge in [-0.2, -0.15) is 5.10 Å². The van der Waals surface area contributed by atoms with E-state index in [0.29, 0.717) is 19.0 Å². The van der Waals surface area contributed by atoms with Crippen LogP contribution >= 0.6 is 0 Å². The first-order chi connectivity index (χ1) is 7.25. The highest BCUT2D eigenvalue weighted by atomic mass is 16.5. The van der Waals surface area contributed by atoms with Crippen LogP contribution in [0.25, 0.3) is 0 Å². The SMILES string of the molecule is COCCCNc1nnccc1C(=O)O. The van der Waals surface area contributed by atoms with Gasteiger partial charge in [0.05, 0.1) is 6.20 Å². The van der Waals surface area contributed by atoms with E-state index >= 15 is 0 Å². The summed E-state index contributed by atoms with van der Waals surface area (Å²) in [6.07, 6.45) is 2.13. The molecule has 0 radical (unpaired) electrons. The topological polar surface area (TPSA) is 84.3 Å². The van der Waals surface area contributed by atoms with Crippen molar-refractivity contribution in [3.63, 3.8) is 0 Å². The lowest BCUT2D eigenvalue weighted by molar-refractivity contribution is 0.0697. The smallest absolute Gasteiger partial charge is 0.339 e. The Labute approximate surface area is 87.3 Å². The summed E-state index contributed by atoms with van der Waals surface area (Å²) >= 11 is 0. The van der Waals surface area contributed by atoms with Crippen LogP contribution in [0, 0.1) is 0 Å². The lowest BCUT2D eigenvalue weighted by Crippen LogP contribution is -2.11. The van der Waals surface area contributed by atoms with Crippen LogP contribution in [-0.2, 0) is 4.74 Å². The minimum atomic E-state index is -1.01. The number of anilines is 1. The van der Waals surface area contributed by atoms with Crippen molar-refractivity contribution in [1.82, 2.24) is 10.2 Å². The van der Waals surface area contributed by atoms with Gasteiger partial charge in [-0.05, 0) is 12.5 Å². The standard InChI is InChI=1S/C9H13N3O3/c1-15-6-2-4-10-8-7(9(13)14)3-5-11-12-8/h3,5H,2,4,6H2,1H3,(H,10,12)(H,13,14). The van der Waals surface area contributed by atoms with E-state index in [1.54, 1.807) is 7.11 Å². The number of aromatic carboxylic acids is 1. The number of nitrogens with one attached hydrogen (secondary N) is 1. The summed E-state index contributed by atoms with van der Waals surface area (Å²) < 4.78 is 4.87. The number of rotatable bonds is 6. The van der Waals surface area contributed by atoms with E-state index in [2.05, 4.69) is 15.5 Å². The lowest BCUT2D eigenvalue weighted by atomic mass is 10.3. The molecule has 1 aromatic heterocycles. The summed E-state index contributed by atoms with van der Waals surface area (Å²) in [5, 5.41) is 19.1. The largest absolute Gasteiger partial charge is 0.478 e. The van der Waals surface area contributed by atoms with E-state index in [-0.39, 0.29) is 5.56 Å². The maximum absolute atomic E-state index is 10.8. The summed E-state index contributed by atoms with van der Waals surface area (Å²) in [5.41, 5.74) is 0.127. The Bertz CT molecular complexity index is 330. The first-order valence-electron chi connectivity index (χ1n) is 4.53. The number of hydrogen-bond donors (Lipinski definition) is 2. The van der Waals surface area contributed by atoms with Crippen LogP contribution in [0.2, 0.25) is 0 Å². The third-order valence-corrected chi connectivity index (χ3v) is 1.77. The summed E-state index contributed by atoms with van der Waals surface area (Å²) in [5.74, 6) is -0.722. The number of nitrogens with zero attached hydrogens (tertiary/aromatic N) is 2. The second-order valence-corrected chi connectivity index (χ2v) is 2.87. The fourth-order valence-electron chi connectivity index (χ4n) is 1.06. The number of ether oxygens (including phenoxy) is 1. The fourth-order valence-corrected chi connectivity index (χ4v) is 1.06. The number of carboxylic acids is 1. The van der Waals surface area contributed by atoms with Crippen LogP contribution < -0.4 is 5.32 Å². The molecule has 6 heteroatoms. The van der Waals surface area contributed by atoms with Crippen molar-refractivity contribution in [3.05, 3.63) is 17.8 Å². The summed E-state index contributed by atoms with van der Waals surface area (Å²) in [6, 6.07) is 1.41. The molecule has 0 bridgehead atoms. The van der Waals surface area contributed by atoms with E-state index in [4.69, 9.17) is 9.84 Å². The zero-order valence-corrected chi connectivity index (χ0v) is 8.43. The highest BCUT2D eigenvalue weighted by Crippen LogP contribution is 2.09. The summed E-state index contributed by atoms with van der Waals surface area (Å²) in [7, 11) is 1.62. The van der Waals surface area contributed by atoms with E-state index < -0.39 is 5.97 Å². The molecule has 82 valence electrons. The maximum atomic E-state index is 10.8. The molecule has 1 rings (SSSR count). The fraction of sp³-hybridized carbons (Fsp3) is 0.444. The van der Waals surface area contributed by atoms with Crippen molar-refractivity contribution in [2.24, 2.45) is 0 Å². The minimum Gasteiger partial charge on any atom is -0.478 e. The molecule has 0 fully saturated rings. The van der Waals surface area contributed by atoms with Crippen molar-refractivity contribution < 1.29 is 14.6 Å². The van der Waals surface area contributed by atoms with E-state index in [0.717, 1.165) is 6.42 Å². The molecule has 0 saturated carbocycles. The molecule has 0 aliphatic heterocycles. The molecule has 0 aliphatic carbocycles. The van der Waals surface area contributed by atoms with Crippen LogP contribution in [0.3, 0.4) is 0 Å². The Hall–Kier alpha value is -1.69. The molecule has 1 aromatic rings. The van der Waals surface area contributed by atoms with Crippen molar-refractivity contribution >= 4 is 11.8 Å². The molecular weight excluding hydrogens is 198 g/mol. The van der Waals surface area contributed by atoms with E-state index in [1.807, 2.05) is 0 Å². The zero-order valence-electron chi connectivity index (χ0n) is 8.43. The number of carbonyl (C=O) groups is 1. The van der Waals surface area contributed by atoms with Crippen molar-refractivity contribution in [2.75, 3.05) is 25.6 Å². The third-order valence-electron chi connectivity index (χ3n) is 1.77. The summed E-state index contributed by atoms with van der Waals surface area (Å²) in [6.45, 7) is 1.22. The Morgan fingerprint density at radius 3 is 3.13 bits per heavy atom. The molecule has 6 nitrogen and oxygen atoms in total. The van der Waals surface area contributed by atoms with Crippen molar-refractivity contribution in [2.45, 2.75) is 6.42 Å². The molecule has 2 N–H and O–H groups in total. The molecule has 0 amide bonds. The van der Waals surface area contributed by atoms with Gasteiger partial charge in [0.1, 0.15) is 5.56 Å². The Morgan fingerprint density at radius 2 is 2.47 bits per heavy atom. The minimum absolute atomic E-state index is 0.127. The third kappa shape index (κ3) is 3.51. The van der Waals surface area contributed by atoms with Gasteiger partial charge < -0.3 is 15.2 Å². The highest BCUT2D eigenvalue weighted by molar-refractivity contribution is 5.92. The van der Waals surface area contributed by atoms with Crippen LogP contribution in [0.1, 0.15) is 16.8 Å². The van der Waals surface area contributed by atoms with Crippen LogP contribution in [0.15, 0.2) is 12.3 Å². The number of aromatic nitrogens is 2. The van der Waals surface area contributed by atoms with Gasteiger partial charge in [-0.1, -0.05) is 0 Å². The number of hydrogen-bond acceptors (Lipinski definition) is 5. The molecule has 0 aromatic carbocycles. The van der Waals surface area contributed by atoms with Gasteiger partial charge in [0, 0.05) is 20.3 Å². The van der Waals surface area contributed by atoms with Gasteiger partial charge in [-0.15, -0.1) is 5.10 Å². The van der Waals surface area contributed by atoms with Gasteiger partial charge in [0.2, 0.25) is 0 Å². The molecule has 0 atom stereocenters. The first-order valence-corrected chi connectivity index (χ1v) is 4.53. The van der Waals surface area contributed by atoms with Gasteiger partial charge in [-0.25, -0.2) is 4.79 Å².